The Morgan fingerprint density at radius 1 is 0.943 bits per heavy atom. The second-order valence-electron chi connectivity index (χ2n) is 13.7. The van der Waals surface area contributed by atoms with Crippen LogP contribution in [0.3, 0.4) is 0 Å². The molecule has 6 rings (SSSR count). The van der Waals surface area contributed by atoms with Gasteiger partial charge in [0.1, 0.15) is 23.4 Å². The molecule has 5 aromatic rings. The molecule has 1 unspecified atom stereocenters. The van der Waals surface area contributed by atoms with Gasteiger partial charge in [0.25, 0.3) is 0 Å². The molecule has 0 saturated carbocycles. The molecule has 4 heterocycles. The lowest BCUT2D eigenvalue weighted by atomic mass is 9.95. The maximum absolute atomic E-state index is 12.5. The van der Waals surface area contributed by atoms with Gasteiger partial charge in [-0.15, -0.1) is 5.10 Å². The summed E-state index contributed by atoms with van der Waals surface area (Å²) in [5.74, 6) is 3.19. The van der Waals surface area contributed by atoms with Gasteiger partial charge in [0.2, 0.25) is 5.91 Å². The number of rotatable bonds is 15. The number of carbonyl (C=O) groups excluding carboxylic acids is 1. The Labute approximate surface area is 311 Å². The van der Waals surface area contributed by atoms with Crippen molar-refractivity contribution in [2.45, 2.75) is 58.7 Å². The minimum atomic E-state index is -1.07. The lowest BCUT2D eigenvalue weighted by molar-refractivity contribution is -0.133. The SMILES string of the molecule is CCCCOc1nc(N(Cc2ccc(OC)cc2)Cc2ccc(OC)cc2)c2ncc(C(O)c3cnc(N4CCC(C(=O)N(C)C)CC4)c(C)c3)n2n1. The van der Waals surface area contributed by atoms with Gasteiger partial charge in [0.15, 0.2) is 11.5 Å². The highest BCUT2D eigenvalue weighted by atomic mass is 16.5. The summed E-state index contributed by atoms with van der Waals surface area (Å²) in [7, 11) is 6.92. The standard InChI is InChI=1S/C40H50N8O5/c1-7-8-21-53-40-43-38(47(25-28-9-13-32(51-5)14-10-28)26-29-11-15-33(52-6)16-12-29)37-42-24-34(48(37)44-40)35(49)31-22-27(2)36(41-23-31)46-19-17-30(18-20-46)39(50)45(3)4/h9-16,22-24,30,35,49H,7-8,17-21,25-26H2,1-6H3. The largest absolute Gasteiger partial charge is 0.497 e. The molecule has 1 atom stereocenters. The zero-order valence-corrected chi connectivity index (χ0v) is 31.5. The number of hydrogen-bond acceptors (Lipinski definition) is 11. The van der Waals surface area contributed by atoms with E-state index in [0.717, 1.165) is 72.8 Å². The molecule has 0 bridgehead atoms. The third-order valence-electron chi connectivity index (χ3n) is 9.70. The van der Waals surface area contributed by atoms with Gasteiger partial charge in [0.05, 0.1) is 32.7 Å². The molecule has 2 aromatic carbocycles. The molecule has 1 fully saturated rings. The van der Waals surface area contributed by atoms with Crippen LogP contribution in [0, 0.1) is 12.8 Å². The predicted molar refractivity (Wildman–Crippen MR) is 204 cm³/mol. The van der Waals surface area contributed by atoms with E-state index >= 15 is 0 Å². The number of aliphatic hydroxyl groups excluding tert-OH is 1. The average molecular weight is 723 g/mol. The van der Waals surface area contributed by atoms with Gasteiger partial charge in [0, 0.05) is 58.0 Å². The van der Waals surface area contributed by atoms with Crippen molar-refractivity contribution in [3.8, 4) is 17.5 Å². The van der Waals surface area contributed by atoms with Gasteiger partial charge < -0.3 is 34.0 Å². The van der Waals surface area contributed by atoms with E-state index in [-0.39, 0.29) is 17.8 Å². The molecular formula is C40H50N8O5. The number of hydrogen-bond donors (Lipinski definition) is 1. The summed E-state index contributed by atoms with van der Waals surface area (Å²) < 4.78 is 18.5. The molecule has 1 saturated heterocycles. The first-order valence-corrected chi connectivity index (χ1v) is 18.2. The Hall–Kier alpha value is -5.43. The Morgan fingerprint density at radius 3 is 2.11 bits per heavy atom. The number of imidazole rings is 1. The Kier molecular flexibility index (Phi) is 11.9. The number of nitrogens with zero attached hydrogens (tertiary/aromatic N) is 8. The van der Waals surface area contributed by atoms with Crippen molar-refractivity contribution in [2.75, 3.05) is 57.8 Å². The molecule has 280 valence electrons. The minimum Gasteiger partial charge on any atom is -0.497 e. The van der Waals surface area contributed by atoms with Crippen LogP contribution in [0.1, 0.15) is 66.7 Å². The first kappa shape index (κ1) is 37.3. The van der Waals surface area contributed by atoms with Crippen molar-refractivity contribution in [3.05, 3.63) is 94.9 Å². The molecule has 1 N–H and O–H groups in total. The average Bonchev–Trinajstić information content (AvgIpc) is 3.61. The van der Waals surface area contributed by atoms with Gasteiger partial charge in [-0.25, -0.2) is 14.5 Å². The predicted octanol–water partition coefficient (Wildman–Crippen LogP) is 5.62. The lowest BCUT2D eigenvalue weighted by Crippen LogP contribution is -2.40. The summed E-state index contributed by atoms with van der Waals surface area (Å²) in [6.45, 7) is 7.06. The third-order valence-corrected chi connectivity index (χ3v) is 9.70. The number of amides is 1. The number of fused-ring (bicyclic) bond motifs is 1. The fraction of sp³-hybridized carbons (Fsp3) is 0.425. The van der Waals surface area contributed by atoms with Gasteiger partial charge in [-0.1, -0.05) is 37.6 Å². The van der Waals surface area contributed by atoms with Gasteiger partial charge in [-0.2, -0.15) is 4.98 Å². The number of anilines is 2. The monoisotopic (exact) mass is 722 g/mol. The maximum Gasteiger partial charge on any atom is 0.336 e. The minimum absolute atomic E-state index is 0.0314. The molecule has 1 aliphatic rings. The highest BCUT2D eigenvalue weighted by Gasteiger charge is 2.28. The molecule has 0 spiro atoms. The van der Waals surface area contributed by atoms with E-state index in [2.05, 4.69) is 16.7 Å². The van der Waals surface area contributed by atoms with Crippen LogP contribution in [0.4, 0.5) is 11.6 Å². The third kappa shape index (κ3) is 8.62. The van der Waals surface area contributed by atoms with Crippen LogP contribution in [0.15, 0.2) is 67.0 Å². The zero-order valence-electron chi connectivity index (χ0n) is 31.5. The van der Waals surface area contributed by atoms with E-state index in [1.165, 1.54) is 0 Å². The summed E-state index contributed by atoms with van der Waals surface area (Å²) in [6, 6.07) is 18.0. The second kappa shape index (κ2) is 16.9. The van der Waals surface area contributed by atoms with Crippen LogP contribution in [0.5, 0.6) is 17.5 Å². The van der Waals surface area contributed by atoms with E-state index in [1.54, 1.807) is 36.0 Å². The van der Waals surface area contributed by atoms with E-state index in [4.69, 9.17) is 34.3 Å². The molecule has 53 heavy (non-hydrogen) atoms. The molecule has 0 radical (unpaired) electrons. The van der Waals surface area contributed by atoms with Crippen molar-refractivity contribution in [1.82, 2.24) is 29.5 Å². The summed E-state index contributed by atoms with van der Waals surface area (Å²) in [5, 5.41) is 16.6. The number of aliphatic hydroxyl groups is 1. The summed E-state index contributed by atoms with van der Waals surface area (Å²) in [6.07, 6.45) is 5.65. The second-order valence-corrected chi connectivity index (χ2v) is 13.7. The van der Waals surface area contributed by atoms with E-state index in [1.807, 2.05) is 75.6 Å². The maximum atomic E-state index is 12.5. The molecule has 13 heteroatoms. The zero-order chi connectivity index (χ0) is 37.5. The number of ether oxygens (including phenoxy) is 3. The van der Waals surface area contributed by atoms with Gasteiger partial charge in [-0.3, -0.25) is 4.79 Å². The fourth-order valence-corrected chi connectivity index (χ4v) is 6.68. The first-order valence-electron chi connectivity index (χ1n) is 18.2. The van der Waals surface area contributed by atoms with Crippen LogP contribution in [0.25, 0.3) is 5.65 Å². The Bertz CT molecular complexity index is 1920. The van der Waals surface area contributed by atoms with Crippen LogP contribution >= 0.6 is 0 Å². The molecule has 1 aliphatic heterocycles. The number of piperidine rings is 1. The Balaban J connectivity index is 1.34. The van der Waals surface area contributed by atoms with Crippen molar-refractivity contribution in [1.29, 1.82) is 0 Å². The van der Waals surface area contributed by atoms with E-state index in [0.29, 0.717) is 42.4 Å². The fourth-order valence-electron chi connectivity index (χ4n) is 6.68. The Morgan fingerprint density at radius 2 is 1.57 bits per heavy atom. The molecule has 3 aromatic heterocycles. The highest BCUT2D eigenvalue weighted by Crippen LogP contribution is 2.32. The van der Waals surface area contributed by atoms with Crippen LogP contribution < -0.4 is 24.0 Å². The topological polar surface area (TPSA) is 131 Å². The number of unbranched alkanes of at least 4 members (excludes halogenated alkanes) is 1. The molecule has 1 amide bonds. The number of aromatic nitrogens is 5. The molecule has 13 nitrogen and oxygen atoms in total. The smallest absolute Gasteiger partial charge is 0.336 e. The van der Waals surface area contributed by atoms with Crippen molar-refractivity contribution >= 4 is 23.2 Å². The van der Waals surface area contributed by atoms with Gasteiger partial charge in [-0.05, 0) is 73.2 Å². The normalized spacial score (nSPS) is 13.9. The number of carbonyl (C=O) groups is 1. The highest BCUT2D eigenvalue weighted by molar-refractivity contribution is 5.78. The van der Waals surface area contributed by atoms with Crippen LogP contribution in [0.2, 0.25) is 0 Å². The van der Waals surface area contributed by atoms with Crippen LogP contribution in [-0.2, 0) is 17.9 Å². The van der Waals surface area contributed by atoms with Crippen molar-refractivity contribution < 1.29 is 24.1 Å². The number of pyridine rings is 1. The number of benzene rings is 2. The summed E-state index contributed by atoms with van der Waals surface area (Å²) in [5.41, 5.74) is 4.61. The van der Waals surface area contributed by atoms with Crippen molar-refractivity contribution in [3.63, 3.8) is 0 Å². The first-order chi connectivity index (χ1) is 25.7. The number of methoxy groups -OCH3 is 2. The van der Waals surface area contributed by atoms with E-state index in [9.17, 15) is 9.90 Å². The number of aryl methyl sites for hydroxylation is 1. The summed E-state index contributed by atoms with van der Waals surface area (Å²) >= 11 is 0. The van der Waals surface area contributed by atoms with Crippen molar-refractivity contribution in [2.24, 2.45) is 5.92 Å². The van der Waals surface area contributed by atoms with Crippen LogP contribution in [-0.4, -0.2) is 88.5 Å². The molecule has 0 aliphatic carbocycles. The molecular weight excluding hydrogens is 672 g/mol. The summed E-state index contributed by atoms with van der Waals surface area (Å²) in [4.78, 5) is 33.1. The van der Waals surface area contributed by atoms with Gasteiger partial charge >= 0.3 is 6.01 Å². The lowest BCUT2D eigenvalue weighted by Gasteiger charge is -2.34. The quantitative estimate of drug-likeness (QED) is 0.135. The van der Waals surface area contributed by atoms with E-state index < -0.39 is 6.10 Å².